The van der Waals surface area contributed by atoms with E-state index in [1.54, 1.807) is 11.1 Å². The zero-order valence-corrected chi connectivity index (χ0v) is 15.1. The Bertz CT molecular complexity index is 940. The molecule has 1 fully saturated rings. The molecule has 2 amide bonds. The quantitative estimate of drug-likeness (QED) is 0.784. The van der Waals surface area contributed by atoms with Gasteiger partial charge in [0.2, 0.25) is 11.8 Å². The molecule has 0 aliphatic carbocycles. The summed E-state index contributed by atoms with van der Waals surface area (Å²) in [4.78, 5) is 36.5. The zero-order chi connectivity index (χ0) is 20.1. The van der Waals surface area contributed by atoms with Crippen molar-refractivity contribution < 1.29 is 22.8 Å². The molecular weight excluding hydrogens is 375 g/mol. The van der Waals surface area contributed by atoms with Gasteiger partial charge < -0.3 is 9.47 Å². The van der Waals surface area contributed by atoms with Gasteiger partial charge in [0.1, 0.15) is 17.7 Å². The van der Waals surface area contributed by atoms with Crippen molar-refractivity contribution >= 4 is 17.6 Å². The van der Waals surface area contributed by atoms with Gasteiger partial charge in [-0.15, -0.1) is 0 Å². The van der Waals surface area contributed by atoms with E-state index in [9.17, 15) is 22.8 Å². The van der Waals surface area contributed by atoms with E-state index in [4.69, 9.17) is 0 Å². The minimum atomic E-state index is -4.56. The molecule has 10 heteroatoms. The number of amides is 2. The van der Waals surface area contributed by atoms with Crippen molar-refractivity contribution in [1.82, 2.24) is 19.4 Å². The standard InChI is InChI=1S/C18H18F3N5O2/c1-11-8-12(18(19,20)21)9-14(23-11)26-13(2-3-16(26)27)17(28)25-7-6-24-5-4-22-15(24)10-25/h4-5,8-9,13H,2-3,6-7,10H2,1H3/t13-/m0/s1. The lowest BCUT2D eigenvalue weighted by atomic mass is 10.1. The fourth-order valence-electron chi connectivity index (χ4n) is 3.72. The van der Waals surface area contributed by atoms with Gasteiger partial charge in [0.25, 0.3) is 0 Å². The van der Waals surface area contributed by atoms with E-state index in [-0.39, 0.29) is 30.3 Å². The van der Waals surface area contributed by atoms with Crippen molar-refractivity contribution in [2.45, 2.75) is 45.1 Å². The van der Waals surface area contributed by atoms with Gasteiger partial charge in [0.15, 0.2) is 0 Å². The highest BCUT2D eigenvalue weighted by Crippen LogP contribution is 2.34. The van der Waals surface area contributed by atoms with Gasteiger partial charge in [-0.2, -0.15) is 13.2 Å². The molecule has 2 aromatic rings. The average molecular weight is 393 g/mol. The minimum absolute atomic E-state index is 0.0931. The number of imidazole rings is 1. The van der Waals surface area contributed by atoms with Crippen LogP contribution >= 0.6 is 0 Å². The summed E-state index contributed by atoms with van der Waals surface area (Å²) < 4.78 is 41.5. The molecule has 0 spiro atoms. The summed E-state index contributed by atoms with van der Waals surface area (Å²) in [5.74, 6) is -0.0877. The van der Waals surface area contributed by atoms with E-state index in [2.05, 4.69) is 9.97 Å². The van der Waals surface area contributed by atoms with Crippen LogP contribution in [-0.4, -0.2) is 43.8 Å². The highest BCUT2D eigenvalue weighted by Gasteiger charge is 2.41. The van der Waals surface area contributed by atoms with E-state index in [1.807, 2.05) is 10.8 Å². The number of pyridine rings is 1. The number of aromatic nitrogens is 3. The van der Waals surface area contributed by atoms with Crippen LogP contribution in [0.1, 0.15) is 29.9 Å². The molecule has 1 saturated heterocycles. The maximum Gasteiger partial charge on any atom is 0.416 e. The number of fused-ring (bicyclic) bond motifs is 1. The molecule has 0 N–H and O–H groups in total. The smallest absolute Gasteiger partial charge is 0.332 e. The van der Waals surface area contributed by atoms with Gasteiger partial charge in [0, 0.05) is 37.6 Å². The summed E-state index contributed by atoms with van der Waals surface area (Å²) in [6, 6.07) is 0.898. The van der Waals surface area contributed by atoms with Crippen LogP contribution in [-0.2, 0) is 28.9 Å². The molecule has 0 unspecified atom stereocenters. The topological polar surface area (TPSA) is 71.3 Å². The first-order valence-electron chi connectivity index (χ1n) is 8.91. The van der Waals surface area contributed by atoms with Crippen LogP contribution in [0.3, 0.4) is 0 Å². The average Bonchev–Trinajstić information content (AvgIpc) is 3.25. The minimum Gasteiger partial charge on any atom is -0.332 e. The van der Waals surface area contributed by atoms with Crippen molar-refractivity contribution in [3.8, 4) is 0 Å². The Kier molecular flexibility index (Phi) is 4.35. The number of carbonyl (C=O) groups is 2. The molecule has 4 rings (SSSR count). The Labute approximate surface area is 158 Å². The van der Waals surface area contributed by atoms with Gasteiger partial charge >= 0.3 is 6.18 Å². The number of carbonyl (C=O) groups excluding carboxylic acids is 2. The van der Waals surface area contributed by atoms with E-state index in [0.29, 0.717) is 19.6 Å². The lowest BCUT2D eigenvalue weighted by molar-refractivity contribution is -0.137. The normalized spacial score (nSPS) is 19.9. The molecule has 2 aliphatic heterocycles. The Morgan fingerprint density at radius 3 is 2.79 bits per heavy atom. The molecule has 0 radical (unpaired) electrons. The Morgan fingerprint density at radius 1 is 1.25 bits per heavy atom. The zero-order valence-electron chi connectivity index (χ0n) is 15.1. The number of anilines is 1. The van der Waals surface area contributed by atoms with Gasteiger partial charge in [-0.25, -0.2) is 9.97 Å². The molecule has 1 atom stereocenters. The second kappa shape index (κ2) is 6.61. The number of hydrogen-bond donors (Lipinski definition) is 0. The highest BCUT2D eigenvalue weighted by atomic mass is 19.4. The van der Waals surface area contributed by atoms with Crippen molar-refractivity contribution in [3.63, 3.8) is 0 Å². The monoisotopic (exact) mass is 393 g/mol. The van der Waals surface area contributed by atoms with Crippen LogP contribution in [0, 0.1) is 6.92 Å². The molecule has 0 saturated carbocycles. The summed E-state index contributed by atoms with van der Waals surface area (Å²) >= 11 is 0. The largest absolute Gasteiger partial charge is 0.416 e. The van der Waals surface area contributed by atoms with Crippen LogP contribution in [0.15, 0.2) is 24.5 Å². The number of rotatable bonds is 2. The fraction of sp³-hybridized carbons (Fsp3) is 0.444. The lowest BCUT2D eigenvalue weighted by Gasteiger charge is -2.32. The van der Waals surface area contributed by atoms with E-state index in [1.165, 1.54) is 6.92 Å². The summed E-state index contributed by atoms with van der Waals surface area (Å²) in [5, 5.41) is 0. The van der Waals surface area contributed by atoms with Crippen molar-refractivity contribution in [2.24, 2.45) is 0 Å². The molecule has 7 nitrogen and oxygen atoms in total. The first-order valence-corrected chi connectivity index (χ1v) is 8.91. The molecule has 148 valence electrons. The van der Waals surface area contributed by atoms with E-state index in [0.717, 1.165) is 22.9 Å². The second-order valence-corrected chi connectivity index (χ2v) is 6.97. The molecule has 4 heterocycles. The lowest BCUT2D eigenvalue weighted by Crippen LogP contribution is -2.49. The van der Waals surface area contributed by atoms with Gasteiger partial charge in [-0.05, 0) is 25.5 Å². The van der Waals surface area contributed by atoms with Crippen LogP contribution < -0.4 is 4.90 Å². The molecule has 2 aliphatic rings. The van der Waals surface area contributed by atoms with Crippen LogP contribution in [0.4, 0.5) is 19.0 Å². The summed E-state index contributed by atoms with van der Waals surface area (Å²) in [7, 11) is 0. The summed E-state index contributed by atoms with van der Waals surface area (Å²) in [6.07, 6.45) is -0.730. The Balaban J connectivity index is 1.63. The maximum absolute atomic E-state index is 13.2. The Morgan fingerprint density at radius 2 is 2.04 bits per heavy atom. The number of alkyl halides is 3. The van der Waals surface area contributed by atoms with Crippen molar-refractivity contribution in [2.75, 3.05) is 11.4 Å². The van der Waals surface area contributed by atoms with Crippen molar-refractivity contribution in [3.05, 3.63) is 41.6 Å². The number of halogens is 3. The number of aryl methyl sites for hydroxylation is 1. The van der Waals surface area contributed by atoms with Gasteiger partial charge in [-0.3, -0.25) is 14.5 Å². The Hall–Kier alpha value is -2.91. The molecule has 0 bridgehead atoms. The van der Waals surface area contributed by atoms with E-state index >= 15 is 0 Å². The predicted octanol–water partition coefficient (Wildman–Crippen LogP) is 2.14. The third kappa shape index (κ3) is 3.23. The highest BCUT2D eigenvalue weighted by molar-refractivity contribution is 6.03. The van der Waals surface area contributed by atoms with Crippen LogP contribution in [0.2, 0.25) is 0 Å². The SMILES string of the molecule is Cc1cc(C(F)(F)F)cc(N2C(=O)CC[C@H]2C(=O)N2CCn3ccnc3C2)n1. The van der Waals surface area contributed by atoms with Crippen LogP contribution in [0.5, 0.6) is 0 Å². The predicted molar refractivity (Wildman–Crippen MR) is 92.1 cm³/mol. The summed E-state index contributed by atoms with van der Waals surface area (Å²) in [6.45, 7) is 2.78. The summed E-state index contributed by atoms with van der Waals surface area (Å²) in [5.41, 5.74) is -0.753. The second-order valence-electron chi connectivity index (χ2n) is 6.97. The molecule has 2 aromatic heterocycles. The molecule has 0 aromatic carbocycles. The maximum atomic E-state index is 13.2. The number of hydrogen-bond acceptors (Lipinski definition) is 4. The molecular formula is C18H18F3N5O2. The van der Waals surface area contributed by atoms with Gasteiger partial charge in [-0.1, -0.05) is 0 Å². The first kappa shape index (κ1) is 18.5. The third-order valence-corrected chi connectivity index (χ3v) is 5.07. The van der Waals surface area contributed by atoms with E-state index < -0.39 is 23.7 Å². The van der Waals surface area contributed by atoms with Crippen molar-refractivity contribution in [1.29, 1.82) is 0 Å². The first-order chi connectivity index (χ1) is 13.2. The molecule has 28 heavy (non-hydrogen) atoms. The fourth-order valence-corrected chi connectivity index (χ4v) is 3.72. The third-order valence-electron chi connectivity index (χ3n) is 5.07. The van der Waals surface area contributed by atoms with Crippen LogP contribution in [0.25, 0.3) is 0 Å². The number of nitrogens with zero attached hydrogens (tertiary/aromatic N) is 5. The van der Waals surface area contributed by atoms with Gasteiger partial charge in [0.05, 0.1) is 12.1 Å².